The van der Waals surface area contributed by atoms with Crippen LogP contribution in [0.15, 0.2) is 30.3 Å². The smallest absolute Gasteiger partial charge is 0.307 e. The van der Waals surface area contributed by atoms with E-state index in [4.69, 9.17) is 4.74 Å². The highest BCUT2D eigenvalue weighted by molar-refractivity contribution is 5.94. The average Bonchev–Trinajstić information content (AvgIpc) is 2.65. The first-order valence-electron chi connectivity index (χ1n) is 4.81. The minimum absolute atomic E-state index is 0.213. The van der Waals surface area contributed by atoms with E-state index in [-0.39, 0.29) is 11.9 Å². The lowest BCUT2D eigenvalue weighted by atomic mass is 10.2. The van der Waals surface area contributed by atoms with Crippen LogP contribution in [0.4, 0.5) is 0 Å². The summed E-state index contributed by atoms with van der Waals surface area (Å²) in [6, 6.07) is 8.84. The second kappa shape index (κ2) is 4.13. The fraction of sp³-hybridized carbons (Fsp3) is 0.273. The van der Waals surface area contributed by atoms with E-state index in [1.54, 1.807) is 24.3 Å². The van der Waals surface area contributed by atoms with Crippen molar-refractivity contribution in [1.29, 1.82) is 0 Å². The second-order valence-corrected chi connectivity index (χ2v) is 3.36. The summed E-state index contributed by atoms with van der Waals surface area (Å²) in [4.78, 5) is 22.4. The summed E-state index contributed by atoms with van der Waals surface area (Å²) in [5, 5.41) is 2.64. The van der Waals surface area contributed by atoms with Crippen molar-refractivity contribution < 1.29 is 14.3 Å². The molecule has 0 aromatic heterocycles. The number of hydrogen-bond donors (Lipinski definition) is 1. The Morgan fingerprint density at radius 3 is 2.67 bits per heavy atom. The van der Waals surface area contributed by atoms with Crippen LogP contribution in [0.1, 0.15) is 23.2 Å². The number of cyclic esters (lactones) is 1. The van der Waals surface area contributed by atoms with Crippen molar-refractivity contribution in [2.45, 2.75) is 19.1 Å². The third-order valence-corrected chi connectivity index (χ3v) is 2.21. The zero-order valence-corrected chi connectivity index (χ0v) is 8.10. The quantitative estimate of drug-likeness (QED) is 0.735. The van der Waals surface area contributed by atoms with Gasteiger partial charge >= 0.3 is 5.97 Å². The standard InChI is InChI=1S/C11H11NO3/c13-10-7-6-9(15-10)12-11(14)8-4-2-1-3-5-8/h1-5,9H,6-7H2,(H,12,14). The minimum atomic E-state index is -0.467. The van der Waals surface area contributed by atoms with E-state index in [9.17, 15) is 9.59 Å². The van der Waals surface area contributed by atoms with Crippen molar-refractivity contribution >= 4 is 11.9 Å². The number of carbonyl (C=O) groups is 2. The summed E-state index contributed by atoms with van der Waals surface area (Å²) in [5.74, 6) is -0.469. The third-order valence-electron chi connectivity index (χ3n) is 2.21. The topological polar surface area (TPSA) is 55.4 Å². The molecular formula is C11H11NO3. The lowest BCUT2D eigenvalue weighted by Crippen LogP contribution is -2.34. The first-order chi connectivity index (χ1) is 7.25. The molecule has 1 aromatic rings. The number of amides is 1. The Morgan fingerprint density at radius 2 is 2.07 bits per heavy atom. The average molecular weight is 205 g/mol. The molecule has 1 unspecified atom stereocenters. The molecule has 0 saturated carbocycles. The molecule has 15 heavy (non-hydrogen) atoms. The highest BCUT2D eigenvalue weighted by atomic mass is 16.6. The number of rotatable bonds is 2. The molecule has 1 aliphatic heterocycles. The van der Waals surface area contributed by atoms with E-state index in [0.717, 1.165) is 0 Å². The lowest BCUT2D eigenvalue weighted by molar-refractivity contribution is -0.141. The zero-order valence-electron chi connectivity index (χ0n) is 8.10. The van der Waals surface area contributed by atoms with Gasteiger partial charge in [-0.15, -0.1) is 0 Å². The second-order valence-electron chi connectivity index (χ2n) is 3.36. The Morgan fingerprint density at radius 1 is 1.33 bits per heavy atom. The molecule has 0 bridgehead atoms. The van der Waals surface area contributed by atoms with E-state index >= 15 is 0 Å². The summed E-state index contributed by atoms with van der Waals surface area (Å²) >= 11 is 0. The maximum atomic E-state index is 11.6. The molecule has 1 amide bonds. The zero-order chi connectivity index (χ0) is 10.7. The number of ether oxygens (including phenoxy) is 1. The monoisotopic (exact) mass is 205 g/mol. The largest absolute Gasteiger partial charge is 0.442 e. The van der Waals surface area contributed by atoms with Gasteiger partial charge in [0, 0.05) is 12.0 Å². The summed E-state index contributed by atoms with van der Waals surface area (Å²) < 4.78 is 4.88. The van der Waals surface area contributed by atoms with E-state index in [1.165, 1.54) is 0 Å². The molecule has 78 valence electrons. The normalized spacial score (nSPS) is 19.7. The summed E-state index contributed by atoms with van der Waals surface area (Å²) in [6.45, 7) is 0. The molecule has 1 atom stereocenters. The van der Waals surface area contributed by atoms with Crippen molar-refractivity contribution in [2.24, 2.45) is 0 Å². The molecule has 0 aliphatic carbocycles. The van der Waals surface area contributed by atoms with Crippen LogP contribution in [0.2, 0.25) is 0 Å². The van der Waals surface area contributed by atoms with Crippen LogP contribution in [0.3, 0.4) is 0 Å². The van der Waals surface area contributed by atoms with Gasteiger partial charge in [0.25, 0.3) is 5.91 Å². The Labute approximate surface area is 87.2 Å². The number of hydrogen-bond acceptors (Lipinski definition) is 3. The molecular weight excluding hydrogens is 194 g/mol. The van der Waals surface area contributed by atoms with Gasteiger partial charge in [-0.05, 0) is 12.1 Å². The van der Waals surface area contributed by atoms with Gasteiger partial charge in [0.15, 0.2) is 6.23 Å². The van der Waals surface area contributed by atoms with Crippen LogP contribution in [-0.2, 0) is 9.53 Å². The van der Waals surface area contributed by atoms with Crippen LogP contribution in [0, 0.1) is 0 Å². The van der Waals surface area contributed by atoms with Crippen molar-refractivity contribution in [3.05, 3.63) is 35.9 Å². The molecule has 4 heteroatoms. The molecule has 1 heterocycles. The summed E-state index contributed by atoms with van der Waals surface area (Å²) in [6.07, 6.45) is 0.460. The van der Waals surface area contributed by atoms with Crippen LogP contribution in [0.25, 0.3) is 0 Å². The molecule has 1 aliphatic rings. The van der Waals surface area contributed by atoms with Gasteiger partial charge in [0.2, 0.25) is 0 Å². The van der Waals surface area contributed by atoms with Gasteiger partial charge in [0.1, 0.15) is 0 Å². The molecule has 1 aromatic carbocycles. The van der Waals surface area contributed by atoms with E-state index in [0.29, 0.717) is 18.4 Å². The van der Waals surface area contributed by atoms with Crippen molar-refractivity contribution in [3.8, 4) is 0 Å². The van der Waals surface area contributed by atoms with Crippen LogP contribution >= 0.6 is 0 Å². The Hall–Kier alpha value is -1.84. The molecule has 1 saturated heterocycles. The first kappa shape index (κ1) is 9.71. The molecule has 1 fully saturated rings. The number of nitrogens with one attached hydrogen (secondary N) is 1. The maximum absolute atomic E-state index is 11.6. The van der Waals surface area contributed by atoms with Gasteiger partial charge < -0.3 is 10.1 Å². The fourth-order valence-corrected chi connectivity index (χ4v) is 1.45. The Bertz CT molecular complexity index is 375. The van der Waals surface area contributed by atoms with E-state index < -0.39 is 6.23 Å². The van der Waals surface area contributed by atoms with Crippen molar-refractivity contribution in [1.82, 2.24) is 5.32 Å². The number of carbonyl (C=O) groups excluding carboxylic acids is 2. The Balaban J connectivity index is 1.96. The lowest BCUT2D eigenvalue weighted by Gasteiger charge is -2.11. The highest BCUT2D eigenvalue weighted by Crippen LogP contribution is 2.11. The van der Waals surface area contributed by atoms with Gasteiger partial charge in [-0.3, -0.25) is 9.59 Å². The van der Waals surface area contributed by atoms with Crippen LogP contribution < -0.4 is 5.32 Å². The number of benzene rings is 1. The Kier molecular flexibility index (Phi) is 2.67. The molecule has 0 radical (unpaired) electrons. The van der Waals surface area contributed by atoms with Gasteiger partial charge in [-0.25, -0.2) is 0 Å². The highest BCUT2D eigenvalue weighted by Gasteiger charge is 2.24. The number of esters is 1. The van der Waals surface area contributed by atoms with Gasteiger partial charge in [-0.1, -0.05) is 18.2 Å². The summed E-state index contributed by atoms with van der Waals surface area (Å²) in [7, 11) is 0. The molecule has 4 nitrogen and oxygen atoms in total. The minimum Gasteiger partial charge on any atom is -0.442 e. The van der Waals surface area contributed by atoms with Crippen molar-refractivity contribution in [2.75, 3.05) is 0 Å². The van der Waals surface area contributed by atoms with Crippen LogP contribution in [-0.4, -0.2) is 18.1 Å². The van der Waals surface area contributed by atoms with E-state index in [1.807, 2.05) is 6.07 Å². The van der Waals surface area contributed by atoms with Crippen molar-refractivity contribution in [3.63, 3.8) is 0 Å². The molecule has 1 N–H and O–H groups in total. The maximum Gasteiger partial charge on any atom is 0.307 e. The van der Waals surface area contributed by atoms with Gasteiger partial charge in [0.05, 0.1) is 6.42 Å². The first-order valence-corrected chi connectivity index (χ1v) is 4.81. The third kappa shape index (κ3) is 2.34. The predicted octanol–water partition coefficient (Wildman–Crippen LogP) is 1.08. The molecule has 0 spiro atoms. The SMILES string of the molecule is O=C1CCC(NC(=O)c2ccccc2)O1. The van der Waals surface area contributed by atoms with E-state index in [2.05, 4.69) is 5.32 Å². The molecule has 2 rings (SSSR count). The predicted molar refractivity (Wildman–Crippen MR) is 53.0 cm³/mol. The summed E-state index contributed by atoms with van der Waals surface area (Å²) in [5.41, 5.74) is 0.570. The van der Waals surface area contributed by atoms with Gasteiger partial charge in [-0.2, -0.15) is 0 Å². The fourth-order valence-electron chi connectivity index (χ4n) is 1.45. The van der Waals surface area contributed by atoms with Crippen LogP contribution in [0.5, 0.6) is 0 Å².